The number of hydrogen-bond acceptors (Lipinski definition) is 2. The van der Waals surface area contributed by atoms with E-state index in [9.17, 15) is 0 Å². The van der Waals surface area contributed by atoms with E-state index >= 15 is 0 Å². The molecule has 0 aromatic heterocycles. The summed E-state index contributed by atoms with van der Waals surface area (Å²) >= 11 is 0. The van der Waals surface area contributed by atoms with Crippen molar-refractivity contribution >= 4 is 0 Å². The third-order valence-electron chi connectivity index (χ3n) is 0.602. The second-order valence-electron chi connectivity index (χ2n) is 1.45. The summed E-state index contributed by atoms with van der Waals surface area (Å²) in [6.45, 7) is 6.46. The number of rotatable bonds is 3. The average Bonchev–Trinajstić information content (AvgIpc) is 1.61. The SMILES string of the molecule is C=C(N)NCCC. The predicted molar refractivity (Wildman–Crippen MR) is 31.6 cm³/mol. The zero-order valence-corrected chi connectivity index (χ0v) is 4.70. The fourth-order valence-electron chi connectivity index (χ4n) is 0.286. The molecule has 0 unspecified atom stereocenters. The Kier molecular flexibility index (Phi) is 3.19. The molecule has 0 saturated heterocycles. The smallest absolute Gasteiger partial charge is 0.0885 e. The van der Waals surface area contributed by atoms with Crippen LogP contribution in [0.4, 0.5) is 0 Å². The van der Waals surface area contributed by atoms with Crippen molar-refractivity contribution < 1.29 is 0 Å². The molecule has 0 spiro atoms. The summed E-state index contributed by atoms with van der Waals surface area (Å²) in [5, 5.41) is 2.88. The molecule has 3 N–H and O–H groups in total. The Hall–Kier alpha value is -0.660. The molecule has 0 aromatic rings. The van der Waals surface area contributed by atoms with Crippen molar-refractivity contribution in [3.8, 4) is 0 Å². The van der Waals surface area contributed by atoms with E-state index in [1.165, 1.54) is 0 Å². The van der Waals surface area contributed by atoms with Crippen LogP contribution in [0.2, 0.25) is 0 Å². The molecule has 0 fully saturated rings. The van der Waals surface area contributed by atoms with E-state index in [0.717, 1.165) is 13.0 Å². The lowest BCUT2D eigenvalue weighted by atomic mass is 10.5. The molecule has 0 amide bonds. The third kappa shape index (κ3) is 5.34. The van der Waals surface area contributed by atoms with Gasteiger partial charge < -0.3 is 11.1 Å². The summed E-state index contributed by atoms with van der Waals surface area (Å²) in [4.78, 5) is 0. The molecule has 0 saturated carbocycles. The maximum absolute atomic E-state index is 5.17. The maximum Gasteiger partial charge on any atom is 0.0885 e. The fraction of sp³-hybridized carbons (Fsp3) is 0.600. The summed E-state index contributed by atoms with van der Waals surface area (Å²) < 4.78 is 0. The van der Waals surface area contributed by atoms with Gasteiger partial charge in [-0.1, -0.05) is 13.5 Å². The predicted octanol–water partition coefficient (Wildman–Crippen LogP) is 0.416. The lowest BCUT2D eigenvalue weighted by Gasteiger charge is -1.98. The first-order valence-electron chi connectivity index (χ1n) is 2.45. The lowest BCUT2D eigenvalue weighted by molar-refractivity contribution is 0.764. The highest BCUT2D eigenvalue weighted by Crippen LogP contribution is 1.70. The zero-order valence-electron chi connectivity index (χ0n) is 4.70. The number of nitrogens with two attached hydrogens (primary N) is 1. The van der Waals surface area contributed by atoms with Crippen molar-refractivity contribution in [2.24, 2.45) is 5.73 Å². The molecule has 0 bridgehead atoms. The van der Waals surface area contributed by atoms with Gasteiger partial charge in [0.15, 0.2) is 0 Å². The first-order chi connectivity index (χ1) is 3.27. The maximum atomic E-state index is 5.17. The Bertz CT molecular complexity index is 59.1. The molecule has 0 heterocycles. The molecule has 0 aliphatic heterocycles. The summed E-state index contributed by atoms with van der Waals surface area (Å²) in [5.74, 6) is 0.557. The molecule has 2 heteroatoms. The van der Waals surface area contributed by atoms with E-state index in [0.29, 0.717) is 5.82 Å². The monoisotopic (exact) mass is 100 g/mol. The molecule has 0 atom stereocenters. The van der Waals surface area contributed by atoms with Crippen LogP contribution in [0.1, 0.15) is 13.3 Å². The van der Waals surface area contributed by atoms with Gasteiger partial charge in [0.05, 0.1) is 5.82 Å². The minimum atomic E-state index is 0.557. The second kappa shape index (κ2) is 3.53. The molecule has 0 aromatic carbocycles. The van der Waals surface area contributed by atoms with E-state index in [4.69, 9.17) is 5.73 Å². The van der Waals surface area contributed by atoms with Gasteiger partial charge in [0.25, 0.3) is 0 Å². The molecular formula is C5H12N2. The molecule has 0 radical (unpaired) electrons. The quantitative estimate of drug-likeness (QED) is 0.539. The minimum Gasteiger partial charge on any atom is -0.386 e. The first-order valence-corrected chi connectivity index (χ1v) is 2.45. The van der Waals surface area contributed by atoms with Crippen LogP contribution in [0.25, 0.3) is 0 Å². The van der Waals surface area contributed by atoms with E-state index in [2.05, 4.69) is 18.8 Å². The van der Waals surface area contributed by atoms with Gasteiger partial charge in [-0.15, -0.1) is 0 Å². The third-order valence-corrected chi connectivity index (χ3v) is 0.602. The summed E-state index contributed by atoms with van der Waals surface area (Å²) in [7, 11) is 0. The molecule has 42 valence electrons. The molecule has 0 aliphatic rings. The van der Waals surface area contributed by atoms with Gasteiger partial charge in [0, 0.05) is 6.54 Å². The highest BCUT2D eigenvalue weighted by atomic mass is 15.0. The van der Waals surface area contributed by atoms with Crippen molar-refractivity contribution in [1.29, 1.82) is 0 Å². The summed E-state index contributed by atoms with van der Waals surface area (Å²) in [6, 6.07) is 0. The highest BCUT2D eigenvalue weighted by molar-refractivity contribution is 4.80. The normalized spacial score (nSPS) is 8.14. The van der Waals surface area contributed by atoms with Crippen molar-refractivity contribution in [3.05, 3.63) is 12.4 Å². The molecule has 0 aliphatic carbocycles. The number of nitrogens with one attached hydrogen (secondary N) is 1. The van der Waals surface area contributed by atoms with Crippen molar-refractivity contribution in [2.75, 3.05) is 6.54 Å². The van der Waals surface area contributed by atoms with Gasteiger partial charge in [-0.2, -0.15) is 0 Å². The summed E-state index contributed by atoms with van der Waals surface area (Å²) in [5.41, 5.74) is 5.17. The molecular weight excluding hydrogens is 88.1 g/mol. The van der Waals surface area contributed by atoms with Crippen LogP contribution in [-0.4, -0.2) is 6.54 Å². The standard InChI is InChI=1S/C5H12N2/c1-3-4-7-5(2)6/h7H,2-4,6H2,1H3. The van der Waals surface area contributed by atoms with Crippen molar-refractivity contribution in [3.63, 3.8) is 0 Å². The average molecular weight is 100 g/mol. The Morgan fingerprint density at radius 2 is 2.43 bits per heavy atom. The van der Waals surface area contributed by atoms with Crippen LogP contribution < -0.4 is 11.1 Å². The van der Waals surface area contributed by atoms with Crippen LogP contribution in [0.5, 0.6) is 0 Å². The Morgan fingerprint density at radius 1 is 1.86 bits per heavy atom. The van der Waals surface area contributed by atoms with Crippen molar-refractivity contribution in [1.82, 2.24) is 5.32 Å². The highest BCUT2D eigenvalue weighted by Gasteiger charge is 1.76. The van der Waals surface area contributed by atoms with E-state index < -0.39 is 0 Å². The van der Waals surface area contributed by atoms with Gasteiger partial charge in [-0.05, 0) is 6.42 Å². The first kappa shape index (κ1) is 6.34. The van der Waals surface area contributed by atoms with Gasteiger partial charge in [-0.25, -0.2) is 0 Å². The largest absolute Gasteiger partial charge is 0.386 e. The molecule has 7 heavy (non-hydrogen) atoms. The fourth-order valence-corrected chi connectivity index (χ4v) is 0.286. The van der Waals surface area contributed by atoms with Crippen LogP contribution in [0.3, 0.4) is 0 Å². The Morgan fingerprint density at radius 3 is 2.57 bits per heavy atom. The van der Waals surface area contributed by atoms with E-state index in [-0.39, 0.29) is 0 Å². The van der Waals surface area contributed by atoms with Crippen LogP contribution >= 0.6 is 0 Å². The zero-order chi connectivity index (χ0) is 5.70. The van der Waals surface area contributed by atoms with Gasteiger partial charge >= 0.3 is 0 Å². The Labute approximate surface area is 44.4 Å². The van der Waals surface area contributed by atoms with Crippen molar-refractivity contribution in [2.45, 2.75) is 13.3 Å². The van der Waals surface area contributed by atoms with Crippen LogP contribution in [-0.2, 0) is 0 Å². The van der Waals surface area contributed by atoms with Gasteiger partial charge in [-0.3, -0.25) is 0 Å². The second-order valence-corrected chi connectivity index (χ2v) is 1.45. The van der Waals surface area contributed by atoms with Crippen LogP contribution in [0, 0.1) is 0 Å². The summed E-state index contributed by atoms with van der Waals surface area (Å²) in [6.07, 6.45) is 1.09. The lowest BCUT2D eigenvalue weighted by Crippen LogP contribution is -2.18. The number of hydrogen-bond donors (Lipinski definition) is 2. The Balaban J connectivity index is 2.82. The van der Waals surface area contributed by atoms with Gasteiger partial charge in [0.1, 0.15) is 0 Å². The minimum absolute atomic E-state index is 0.557. The van der Waals surface area contributed by atoms with Gasteiger partial charge in [0.2, 0.25) is 0 Å². The van der Waals surface area contributed by atoms with Crippen LogP contribution in [0.15, 0.2) is 12.4 Å². The van der Waals surface area contributed by atoms with E-state index in [1.807, 2.05) is 0 Å². The molecule has 0 rings (SSSR count). The molecule has 2 nitrogen and oxygen atoms in total. The topological polar surface area (TPSA) is 38.0 Å². The van der Waals surface area contributed by atoms with E-state index in [1.54, 1.807) is 0 Å².